The van der Waals surface area contributed by atoms with Crippen LogP contribution in [0.1, 0.15) is 5.56 Å². The average molecular weight is 423 g/mol. The third-order valence-electron chi connectivity index (χ3n) is 4.25. The van der Waals surface area contributed by atoms with Crippen LogP contribution < -0.4 is 0 Å². The first-order chi connectivity index (χ1) is 15.3. The summed E-state index contributed by atoms with van der Waals surface area (Å²) in [5.41, 5.74) is 1.99. The molecule has 0 saturated heterocycles. The Hall–Kier alpha value is -3.32. The fourth-order valence-electron chi connectivity index (χ4n) is 2.76. The molecule has 0 fully saturated rings. The van der Waals surface area contributed by atoms with E-state index in [1.165, 1.54) is 0 Å². The lowest BCUT2D eigenvalue weighted by Gasteiger charge is -2.21. The average Bonchev–Trinajstić information content (AvgIpc) is 3.24. The summed E-state index contributed by atoms with van der Waals surface area (Å²) in [7, 11) is 0. The third kappa shape index (κ3) is 7.15. The monoisotopic (exact) mass is 423 g/mol. The lowest BCUT2D eigenvalue weighted by Crippen LogP contribution is -2.38. The fraction of sp³-hybridized carbons (Fsp3) is 0.364. The van der Waals surface area contributed by atoms with E-state index < -0.39 is 0 Å². The number of aromatic nitrogens is 4. The summed E-state index contributed by atoms with van der Waals surface area (Å²) in [5, 5.41) is 8.43. The molecule has 0 aliphatic rings. The van der Waals surface area contributed by atoms with Crippen molar-refractivity contribution in [3.8, 4) is 12.3 Å². The number of fused-ring (bicyclic) bond motifs is 1. The highest BCUT2D eigenvalue weighted by Gasteiger charge is 2.19. The minimum Gasteiger partial charge on any atom is -0.377 e. The molecule has 31 heavy (non-hydrogen) atoms. The van der Waals surface area contributed by atoms with Gasteiger partial charge in [-0.05, 0) is 17.7 Å². The zero-order valence-corrected chi connectivity index (χ0v) is 17.2. The van der Waals surface area contributed by atoms with E-state index in [0.717, 1.165) is 10.4 Å². The van der Waals surface area contributed by atoms with Gasteiger partial charge in [-0.1, -0.05) is 41.0 Å². The molecule has 1 aromatic carbocycles. The van der Waals surface area contributed by atoms with Crippen molar-refractivity contribution in [1.82, 2.24) is 24.9 Å². The summed E-state index contributed by atoms with van der Waals surface area (Å²) in [4.78, 5) is 19.9. The number of rotatable bonds is 12. The number of nitrogens with zero attached hydrogens (tertiary/aromatic N) is 5. The second-order valence-corrected chi connectivity index (χ2v) is 6.51. The van der Waals surface area contributed by atoms with Crippen LogP contribution in [0.4, 0.5) is 4.79 Å². The van der Waals surface area contributed by atoms with Gasteiger partial charge in [-0.25, -0.2) is 9.78 Å². The highest BCUT2D eigenvalue weighted by molar-refractivity contribution is 5.78. The Morgan fingerprint density at radius 2 is 1.71 bits per heavy atom. The maximum absolute atomic E-state index is 13.0. The predicted molar refractivity (Wildman–Crippen MR) is 114 cm³/mol. The molecule has 0 radical (unpaired) electrons. The van der Waals surface area contributed by atoms with E-state index in [0.29, 0.717) is 57.3 Å². The Morgan fingerprint density at radius 1 is 0.968 bits per heavy atom. The third-order valence-corrected chi connectivity index (χ3v) is 4.25. The van der Waals surface area contributed by atoms with Gasteiger partial charge in [-0.15, -0.1) is 16.6 Å². The summed E-state index contributed by atoms with van der Waals surface area (Å²) < 4.78 is 16.1. The van der Waals surface area contributed by atoms with E-state index in [-0.39, 0.29) is 12.6 Å². The second-order valence-electron chi connectivity index (χ2n) is 6.51. The molecule has 9 nitrogen and oxygen atoms in total. The van der Waals surface area contributed by atoms with E-state index in [1.54, 1.807) is 23.2 Å². The van der Waals surface area contributed by atoms with Crippen molar-refractivity contribution >= 4 is 17.2 Å². The van der Waals surface area contributed by atoms with Crippen LogP contribution >= 0.6 is 0 Å². The Kier molecular flexibility index (Phi) is 8.94. The number of amides is 1. The number of hydrogen-bond acceptors (Lipinski definition) is 7. The molecule has 0 aliphatic heterocycles. The maximum atomic E-state index is 13.0. The molecule has 162 valence electrons. The highest BCUT2D eigenvalue weighted by Crippen LogP contribution is 2.09. The van der Waals surface area contributed by atoms with Gasteiger partial charge in [0.2, 0.25) is 5.65 Å². The van der Waals surface area contributed by atoms with E-state index in [9.17, 15) is 4.79 Å². The van der Waals surface area contributed by atoms with Gasteiger partial charge in [-0.2, -0.15) is 0 Å². The Morgan fingerprint density at radius 3 is 2.45 bits per heavy atom. The van der Waals surface area contributed by atoms with Crippen LogP contribution in [0.15, 0.2) is 48.7 Å². The summed E-state index contributed by atoms with van der Waals surface area (Å²) in [6.07, 6.45) is 6.71. The molecule has 1 amide bonds. The van der Waals surface area contributed by atoms with Crippen LogP contribution in [0.2, 0.25) is 0 Å². The molecule has 0 N–H and O–H groups in total. The molecular formula is C22H25N5O4. The summed E-state index contributed by atoms with van der Waals surface area (Å²) in [5.74, 6) is 2.39. The molecule has 3 rings (SSSR count). The molecule has 2 aromatic heterocycles. The zero-order valence-electron chi connectivity index (χ0n) is 17.2. The standard InChI is InChI=1S/C22H25N5O4/c1-2-12-29-14-16-31-17-15-30-13-11-26(18-19-7-4-3-5-8-19)22(28)27-24-20-9-6-10-23-21(20)25-27/h1,3-10H,11-18H2. The van der Waals surface area contributed by atoms with Crippen molar-refractivity contribution in [3.63, 3.8) is 0 Å². The van der Waals surface area contributed by atoms with Crippen LogP contribution in [-0.4, -0.2) is 77.1 Å². The minimum absolute atomic E-state index is 0.280. The van der Waals surface area contributed by atoms with E-state index in [2.05, 4.69) is 21.1 Å². The summed E-state index contributed by atoms with van der Waals surface area (Å²) in [6, 6.07) is 12.9. The van der Waals surface area contributed by atoms with Gasteiger partial charge in [0.05, 0.1) is 33.0 Å². The molecule has 9 heteroatoms. The molecule has 0 aliphatic carbocycles. The van der Waals surface area contributed by atoms with Gasteiger partial charge in [0.1, 0.15) is 12.1 Å². The minimum atomic E-state index is -0.340. The first kappa shape index (κ1) is 22.4. The van der Waals surface area contributed by atoms with Crippen molar-refractivity contribution in [1.29, 1.82) is 0 Å². The number of carbonyl (C=O) groups is 1. The van der Waals surface area contributed by atoms with E-state index in [1.807, 2.05) is 30.3 Å². The number of terminal acetylenes is 1. The van der Waals surface area contributed by atoms with Gasteiger partial charge in [0.25, 0.3) is 0 Å². The molecule has 0 unspecified atom stereocenters. The molecule has 0 bridgehead atoms. The van der Waals surface area contributed by atoms with Crippen LogP contribution in [0, 0.1) is 12.3 Å². The Bertz CT molecular complexity index is 953. The van der Waals surface area contributed by atoms with E-state index >= 15 is 0 Å². The quantitative estimate of drug-likeness (QED) is 0.325. The Labute approximate surface area is 180 Å². The lowest BCUT2D eigenvalue weighted by molar-refractivity contribution is 0.0169. The largest absolute Gasteiger partial charge is 0.377 e. The topological polar surface area (TPSA) is 91.6 Å². The van der Waals surface area contributed by atoms with Crippen molar-refractivity contribution in [2.45, 2.75) is 6.54 Å². The summed E-state index contributed by atoms with van der Waals surface area (Å²) >= 11 is 0. The lowest BCUT2D eigenvalue weighted by atomic mass is 10.2. The van der Waals surface area contributed by atoms with Crippen molar-refractivity contribution in [2.24, 2.45) is 0 Å². The SMILES string of the molecule is C#CCOCCOCCOCCN(Cc1ccccc1)C(=O)n1nc2cccnc2n1. The molecule has 0 spiro atoms. The van der Waals surface area contributed by atoms with Crippen LogP contribution in [-0.2, 0) is 20.8 Å². The van der Waals surface area contributed by atoms with Gasteiger partial charge >= 0.3 is 6.03 Å². The van der Waals surface area contributed by atoms with Crippen molar-refractivity contribution < 1.29 is 19.0 Å². The molecule has 3 aromatic rings. The maximum Gasteiger partial charge on any atom is 0.362 e. The van der Waals surface area contributed by atoms with Gasteiger partial charge < -0.3 is 19.1 Å². The van der Waals surface area contributed by atoms with Gasteiger partial charge in [0, 0.05) is 19.3 Å². The van der Waals surface area contributed by atoms with Crippen LogP contribution in [0.5, 0.6) is 0 Å². The number of hydrogen-bond donors (Lipinski definition) is 0. The molecular weight excluding hydrogens is 398 g/mol. The molecule has 0 saturated carbocycles. The second kappa shape index (κ2) is 12.4. The smallest absolute Gasteiger partial charge is 0.362 e. The number of carbonyl (C=O) groups excluding carboxylic acids is 1. The van der Waals surface area contributed by atoms with Gasteiger partial charge in [-0.3, -0.25) is 0 Å². The van der Waals surface area contributed by atoms with Crippen LogP contribution in [0.3, 0.4) is 0 Å². The molecule has 2 heterocycles. The first-order valence-corrected chi connectivity index (χ1v) is 9.96. The normalized spacial score (nSPS) is 10.8. The molecule has 0 atom stereocenters. The van der Waals surface area contributed by atoms with Gasteiger partial charge in [0.15, 0.2) is 0 Å². The van der Waals surface area contributed by atoms with Crippen molar-refractivity contribution in [2.75, 3.05) is 46.2 Å². The number of pyridine rings is 1. The number of benzene rings is 1. The van der Waals surface area contributed by atoms with Crippen LogP contribution in [0.25, 0.3) is 11.2 Å². The highest BCUT2D eigenvalue weighted by atomic mass is 16.5. The Balaban J connectivity index is 1.51. The predicted octanol–water partition coefficient (Wildman–Crippen LogP) is 1.98. The van der Waals surface area contributed by atoms with E-state index in [4.69, 9.17) is 20.6 Å². The van der Waals surface area contributed by atoms with Crippen molar-refractivity contribution in [3.05, 3.63) is 54.2 Å². The summed E-state index contributed by atoms with van der Waals surface area (Å²) in [6.45, 7) is 3.18. The first-order valence-electron chi connectivity index (χ1n) is 9.96. The fourth-order valence-corrected chi connectivity index (χ4v) is 2.76. The zero-order chi connectivity index (χ0) is 21.7. The number of ether oxygens (including phenoxy) is 3.